The first-order valence-electron chi connectivity index (χ1n) is 4.18. The molecule has 0 atom stereocenters. The molecule has 0 spiro atoms. The minimum absolute atomic E-state index is 0.0397. The molecule has 0 aliphatic carbocycles. The molecule has 0 aliphatic rings. The van der Waals surface area contributed by atoms with Gasteiger partial charge >= 0.3 is 0 Å². The standard InChI is InChI=1S/C10H8Br2F2O/c11-5-8(15)4-7-3-6(10(13)14)1-2-9(7)12/h1-3,10H,4-5H2. The molecule has 1 aromatic rings. The summed E-state index contributed by atoms with van der Waals surface area (Å²) in [7, 11) is 0. The van der Waals surface area contributed by atoms with Gasteiger partial charge in [-0.1, -0.05) is 37.9 Å². The Morgan fingerprint density at radius 3 is 2.60 bits per heavy atom. The Kier molecular flexibility index (Phi) is 4.86. The van der Waals surface area contributed by atoms with Crippen molar-refractivity contribution < 1.29 is 13.6 Å². The molecule has 0 N–H and O–H groups in total. The Balaban J connectivity index is 2.95. The van der Waals surface area contributed by atoms with Crippen LogP contribution in [0.15, 0.2) is 22.7 Å². The molecule has 0 aromatic heterocycles. The average Bonchev–Trinajstić information content (AvgIpc) is 2.20. The van der Waals surface area contributed by atoms with Crippen LogP contribution in [0.5, 0.6) is 0 Å². The van der Waals surface area contributed by atoms with Crippen LogP contribution in [-0.2, 0) is 11.2 Å². The number of Topliss-reactive ketones (excluding diaryl/α,β-unsaturated/α-hetero) is 1. The second kappa shape index (κ2) is 5.70. The van der Waals surface area contributed by atoms with E-state index in [4.69, 9.17) is 0 Å². The van der Waals surface area contributed by atoms with E-state index in [9.17, 15) is 13.6 Å². The number of halogens is 4. The van der Waals surface area contributed by atoms with E-state index in [1.807, 2.05) is 0 Å². The van der Waals surface area contributed by atoms with Crippen LogP contribution < -0.4 is 0 Å². The molecule has 15 heavy (non-hydrogen) atoms. The third kappa shape index (κ3) is 3.65. The minimum Gasteiger partial charge on any atom is -0.298 e. The molecule has 0 saturated carbocycles. The van der Waals surface area contributed by atoms with Gasteiger partial charge in [-0.3, -0.25) is 4.79 Å². The maximum Gasteiger partial charge on any atom is 0.263 e. The van der Waals surface area contributed by atoms with Crippen LogP contribution in [0.25, 0.3) is 0 Å². The number of ketones is 1. The summed E-state index contributed by atoms with van der Waals surface area (Å²) in [4.78, 5) is 11.2. The number of alkyl halides is 3. The lowest BCUT2D eigenvalue weighted by Gasteiger charge is -2.06. The van der Waals surface area contributed by atoms with E-state index < -0.39 is 6.43 Å². The summed E-state index contributed by atoms with van der Waals surface area (Å²) < 4.78 is 25.5. The predicted octanol–water partition coefficient (Wildman–Crippen LogP) is 3.89. The summed E-state index contributed by atoms with van der Waals surface area (Å²) in [6.07, 6.45) is -2.34. The zero-order valence-electron chi connectivity index (χ0n) is 7.64. The van der Waals surface area contributed by atoms with Crippen molar-refractivity contribution in [1.82, 2.24) is 0 Å². The Hall–Kier alpha value is -0.290. The summed E-state index contributed by atoms with van der Waals surface area (Å²) in [5, 5.41) is 0.234. The van der Waals surface area contributed by atoms with Crippen LogP contribution in [0.1, 0.15) is 17.6 Å². The van der Waals surface area contributed by atoms with Crippen molar-refractivity contribution >= 4 is 37.6 Å². The van der Waals surface area contributed by atoms with Crippen molar-refractivity contribution in [2.45, 2.75) is 12.8 Å². The van der Waals surface area contributed by atoms with Crippen molar-refractivity contribution in [3.8, 4) is 0 Å². The minimum atomic E-state index is -2.50. The summed E-state index contributed by atoms with van der Waals surface area (Å²) in [6.45, 7) is 0. The molecule has 0 fully saturated rings. The topological polar surface area (TPSA) is 17.1 Å². The molecule has 0 aliphatic heterocycles. The second-order valence-corrected chi connectivity index (χ2v) is 4.42. The van der Waals surface area contributed by atoms with Crippen molar-refractivity contribution in [3.05, 3.63) is 33.8 Å². The van der Waals surface area contributed by atoms with E-state index in [1.54, 1.807) is 6.07 Å². The molecular weight excluding hydrogens is 334 g/mol. The third-order valence-electron chi connectivity index (χ3n) is 1.86. The van der Waals surface area contributed by atoms with Crippen LogP contribution in [0, 0.1) is 0 Å². The first-order valence-corrected chi connectivity index (χ1v) is 6.10. The fraction of sp³-hybridized carbons (Fsp3) is 0.300. The van der Waals surface area contributed by atoms with Gasteiger partial charge in [0, 0.05) is 16.5 Å². The second-order valence-electron chi connectivity index (χ2n) is 3.00. The predicted molar refractivity (Wildman–Crippen MR) is 61.6 cm³/mol. The summed E-state index contributed by atoms with van der Waals surface area (Å²) >= 11 is 6.26. The molecule has 0 bridgehead atoms. The quantitative estimate of drug-likeness (QED) is 0.759. The highest BCUT2D eigenvalue weighted by atomic mass is 79.9. The molecular formula is C10H8Br2F2O. The zero-order chi connectivity index (χ0) is 11.4. The Morgan fingerprint density at radius 2 is 2.07 bits per heavy atom. The number of rotatable bonds is 4. The van der Waals surface area contributed by atoms with Crippen molar-refractivity contribution in [2.75, 3.05) is 5.33 Å². The molecule has 1 rings (SSSR count). The van der Waals surface area contributed by atoms with Crippen molar-refractivity contribution in [1.29, 1.82) is 0 Å². The van der Waals surface area contributed by atoms with Crippen LogP contribution in [-0.4, -0.2) is 11.1 Å². The van der Waals surface area contributed by atoms with Crippen molar-refractivity contribution in [3.63, 3.8) is 0 Å². The van der Waals surface area contributed by atoms with E-state index in [0.717, 1.165) is 0 Å². The first kappa shape index (κ1) is 12.8. The van der Waals surface area contributed by atoms with Gasteiger partial charge in [-0.15, -0.1) is 0 Å². The van der Waals surface area contributed by atoms with Crippen LogP contribution in [0.2, 0.25) is 0 Å². The zero-order valence-corrected chi connectivity index (χ0v) is 10.8. The Labute approximate surface area is 103 Å². The molecule has 0 radical (unpaired) electrons. The molecule has 1 nitrogen and oxygen atoms in total. The van der Waals surface area contributed by atoms with Crippen molar-refractivity contribution in [2.24, 2.45) is 0 Å². The van der Waals surface area contributed by atoms with Crippen LogP contribution in [0.3, 0.4) is 0 Å². The summed E-state index contributed by atoms with van der Waals surface area (Å²) in [5.41, 5.74) is 0.535. The highest BCUT2D eigenvalue weighted by Gasteiger charge is 2.11. The summed E-state index contributed by atoms with van der Waals surface area (Å²) in [5.74, 6) is -0.0397. The lowest BCUT2D eigenvalue weighted by atomic mass is 10.1. The molecule has 0 saturated heterocycles. The lowest BCUT2D eigenvalue weighted by molar-refractivity contribution is -0.115. The Morgan fingerprint density at radius 1 is 1.40 bits per heavy atom. The molecule has 5 heteroatoms. The summed E-state index contributed by atoms with van der Waals surface area (Å²) in [6, 6.07) is 4.24. The number of carbonyl (C=O) groups is 1. The Bertz CT molecular complexity index is 366. The number of benzene rings is 1. The molecule has 0 heterocycles. The van der Waals surface area contributed by atoms with Crippen LogP contribution in [0.4, 0.5) is 8.78 Å². The van der Waals surface area contributed by atoms with Gasteiger partial charge < -0.3 is 0 Å². The fourth-order valence-electron chi connectivity index (χ4n) is 1.13. The maximum atomic E-state index is 12.4. The molecule has 82 valence electrons. The van der Waals surface area contributed by atoms with E-state index in [0.29, 0.717) is 10.0 Å². The van der Waals surface area contributed by atoms with Gasteiger partial charge in [-0.2, -0.15) is 0 Å². The van der Waals surface area contributed by atoms with Gasteiger partial charge in [0.2, 0.25) is 0 Å². The smallest absolute Gasteiger partial charge is 0.263 e. The fourth-order valence-corrected chi connectivity index (χ4v) is 1.71. The number of hydrogen-bond acceptors (Lipinski definition) is 1. The van der Waals surface area contributed by atoms with Gasteiger partial charge in [-0.25, -0.2) is 8.78 Å². The van der Waals surface area contributed by atoms with E-state index >= 15 is 0 Å². The molecule has 1 aromatic carbocycles. The SMILES string of the molecule is O=C(CBr)Cc1cc(C(F)F)ccc1Br. The third-order valence-corrected chi connectivity index (χ3v) is 3.26. The monoisotopic (exact) mass is 340 g/mol. The highest BCUT2D eigenvalue weighted by Crippen LogP contribution is 2.25. The largest absolute Gasteiger partial charge is 0.298 e. The van der Waals surface area contributed by atoms with E-state index in [-0.39, 0.29) is 23.1 Å². The maximum absolute atomic E-state index is 12.4. The molecule has 0 amide bonds. The van der Waals surface area contributed by atoms with Gasteiger partial charge in [-0.05, 0) is 17.7 Å². The lowest BCUT2D eigenvalue weighted by Crippen LogP contribution is -2.04. The number of carbonyl (C=O) groups excluding carboxylic acids is 1. The first-order chi connectivity index (χ1) is 7.04. The molecule has 0 unspecified atom stereocenters. The normalized spacial score (nSPS) is 10.7. The van der Waals surface area contributed by atoms with E-state index in [1.165, 1.54) is 12.1 Å². The number of hydrogen-bond donors (Lipinski definition) is 0. The van der Waals surface area contributed by atoms with Gasteiger partial charge in [0.15, 0.2) is 0 Å². The van der Waals surface area contributed by atoms with Gasteiger partial charge in [0.25, 0.3) is 6.43 Å². The van der Waals surface area contributed by atoms with Gasteiger partial charge in [0.1, 0.15) is 5.78 Å². The average molecular weight is 342 g/mol. The van der Waals surface area contributed by atoms with Crippen LogP contribution >= 0.6 is 31.9 Å². The highest BCUT2D eigenvalue weighted by molar-refractivity contribution is 9.10. The van der Waals surface area contributed by atoms with Gasteiger partial charge in [0.05, 0.1) is 5.33 Å². The van der Waals surface area contributed by atoms with E-state index in [2.05, 4.69) is 31.9 Å².